The zero-order chi connectivity index (χ0) is 62.1. The van der Waals surface area contributed by atoms with Crippen molar-refractivity contribution < 1.29 is 51.3 Å². The number of carbonyl (C=O) groups excluding carboxylic acids is 2. The lowest BCUT2D eigenvalue weighted by atomic mass is 10.1. The average molecular weight is 1260 g/mol. The summed E-state index contributed by atoms with van der Waals surface area (Å²) in [5.41, 5.74) is 7.41. The van der Waals surface area contributed by atoms with Crippen LogP contribution in [0.2, 0.25) is 20.1 Å². The number of anilines is 3. The maximum Gasteiger partial charge on any atom is 0.413 e. The fourth-order valence-corrected chi connectivity index (χ4v) is 8.64. The van der Waals surface area contributed by atoms with E-state index in [4.69, 9.17) is 56.2 Å². The van der Waals surface area contributed by atoms with E-state index < -0.39 is 50.4 Å². The van der Waals surface area contributed by atoms with Crippen LogP contribution >= 0.6 is 46.4 Å². The topological polar surface area (TPSA) is 364 Å². The molecule has 8 heterocycles. The summed E-state index contributed by atoms with van der Waals surface area (Å²) in [6.45, 7) is 12.3. The van der Waals surface area contributed by atoms with Crippen molar-refractivity contribution in [3.63, 3.8) is 0 Å². The molecule has 32 heteroatoms. The van der Waals surface area contributed by atoms with E-state index in [-0.39, 0.29) is 28.6 Å². The van der Waals surface area contributed by atoms with E-state index in [0.717, 1.165) is 46.0 Å². The highest BCUT2D eigenvalue weighted by atomic mass is 35.5. The van der Waals surface area contributed by atoms with Crippen molar-refractivity contribution in [2.24, 2.45) is 14.1 Å². The van der Waals surface area contributed by atoms with Gasteiger partial charge in [-0.05, 0) is 97.0 Å². The number of sulfonamides is 2. The van der Waals surface area contributed by atoms with E-state index in [9.17, 15) is 41.4 Å². The molecule has 0 radical (unpaired) electrons. The van der Waals surface area contributed by atoms with E-state index in [1.807, 2.05) is 13.8 Å². The van der Waals surface area contributed by atoms with Crippen molar-refractivity contribution in [3.8, 4) is 22.8 Å². The smallest absolute Gasteiger partial charge is 0.413 e. The van der Waals surface area contributed by atoms with Gasteiger partial charge in [0.05, 0.1) is 80.0 Å². The highest BCUT2D eigenvalue weighted by Gasteiger charge is 2.22. The van der Waals surface area contributed by atoms with Crippen molar-refractivity contribution in [1.29, 1.82) is 0 Å². The molecule has 0 spiro atoms. The summed E-state index contributed by atoms with van der Waals surface area (Å²) in [5.74, 6) is -0.915. The van der Waals surface area contributed by atoms with Crippen LogP contribution in [0.4, 0.5) is 22.0 Å². The Hall–Kier alpha value is -7.83. The van der Waals surface area contributed by atoms with Gasteiger partial charge in [-0.15, -0.1) is 10.2 Å². The number of ether oxygens (including phenoxy) is 1. The number of carboxylic acids is 1. The van der Waals surface area contributed by atoms with Crippen LogP contribution < -0.4 is 14.8 Å². The van der Waals surface area contributed by atoms with Crippen LogP contribution in [0.15, 0.2) is 85.7 Å². The molecule has 83 heavy (non-hydrogen) atoms. The minimum Gasteiger partial charge on any atom is -0.476 e. The maximum absolute atomic E-state index is 12.5. The molecule has 26 nitrogen and oxygen atoms in total. The number of aliphatic hydroxyl groups excluding tert-OH is 2. The van der Waals surface area contributed by atoms with Crippen LogP contribution in [0, 0.1) is 27.7 Å². The number of nitrogens with zero attached hydrogens (tertiary/aromatic N) is 12. The third-order valence-corrected chi connectivity index (χ3v) is 12.9. The minimum atomic E-state index is -3.42. The third kappa shape index (κ3) is 21.5. The van der Waals surface area contributed by atoms with Crippen molar-refractivity contribution in [1.82, 2.24) is 59.9 Å². The fourth-order valence-electron chi connectivity index (χ4n) is 6.88. The normalized spacial score (nSPS) is 11.9. The molecule has 0 aliphatic heterocycles. The summed E-state index contributed by atoms with van der Waals surface area (Å²) >= 11 is 22.9. The van der Waals surface area contributed by atoms with E-state index in [0.29, 0.717) is 59.7 Å². The number of rotatable bonds is 13. The molecule has 8 aromatic rings. The molecule has 3 atom stereocenters. The molecule has 0 aliphatic rings. The number of halogens is 4. The molecule has 0 aromatic carbocycles. The predicted molar refractivity (Wildman–Crippen MR) is 313 cm³/mol. The van der Waals surface area contributed by atoms with Gasteiger partial charge in [0.25, 0.3) is 0 Å². The van der Waals surface area contributed by atoms with Crippen molar-refractivity contribution in [2.75, 3.05) is 27.3 Å². The molecule has 0 saturated heterocycles. The number of aryl methyl sites for hydroxylation is 6. The molecule has 8 aromatic heterocycles. The first-order chi connectivity index (χ1) is 38.8. The summed E-state index contributed by atoms with van der Waals surface area (Å²) in [6, 6.07) is 12.7. The second-order valence-corrected chi connectivity index (χ2v) is 22.9. The van der Waals surface area contributed by atoms with Crippen molar-refractivity contribution >= 4 is 102 Å². The quantitative estimate of drug-likeness (QED) is 0.0586. The van der Waals surface area contributed by atoms with Crippen LogP contribution in [0.3, 0.4) is 0 Å². The second-order valence-electron chi connectivity index (χ2n) is 17.7. The van der Waals surface area contributed by atoms with Crippen LogP contribution in [0.25, 0.3) is 22.8 Å². The van der Waals surface area contributed by atoms with Crippen LogP contribution in [-0.4, -0.2) is 123 Å². The van der Waals surface area contributed by atoms with Gasteiger partial charge >= 0.3 is 12.1 Å². The van der Waals surface area contributed by atoms with Gasteiger partial charge in [-0.25, -0.2) is 35.8 Å². The first-order valence-corrected chi connectivity index (χ1v) is 29.2. The zero-order valence-electron chi connectivity index (χ0n) is 46.2. The largest absolute Gasteiger partial charge is 0.476 e. The average Bonchev–Trinajstić information content (AvgIpc) is 4.20. The molecule has 0 saturated carbocycles. The first-order valence-electron chi connectivity index (χ1n) is 24.0. The molecular weight excluding hydrogens is 1200 g/mol. The van der Waals surface area contributed by atoms with Gasteiger partial charge in [-0.2, -0.15) is 0 Å². The number of aliphatic hydroxyl groups is 2. The lowest BCUT2D eigenvalue weighted by molar-refractivity contribution is 0.0685. The number of nitrogens with one attached hydrogen (secondary N) is 3. The standard InChI is InChI=1S/C18H20ClN7O4S.C10H11N5O4S.2C8H10ClNO.C7H6ClNO/c1-10-14(7-12(19)8-20-10)11(2)30-18(27)22-17-16(23-25-26(17)3)15-6-5-13(9-21-15)24-31(4,28)29;1-15-9(10(16)17)8(12-14-15)7-4-3-6(5-11-7)13-20(2,18)19;2*1-5-8(6(2)11)3-7(9)4-10-5;1-5-6(4-10)2-7(8)3-9-5/h5-9,11,24H,1-4H3,(H,22,27);3-5,13H,1-2H3,(H,16,17);2*3-4,6,11H,1-2H3;2-4H,1H3. The van der Waals surface area contributed by atoms with Crippen molar-refractivity contribution in [2.45, 2.75) is 66.8 Å². The highest BCUT2D eigenvalue weighted by molar-refractivity contribution is 7.92. The van der Waals surface area contributed by atoms with E-state index in [2.05, 4.69) is 65.3 Å². The Morgan fingerprint density at radius 3 is 1.37 bits per heavy atom. The Morgan fingerprint density at radius 1 is 0.590 bits per heavy atom. The molecule has 0 fully saturated rings. The van der Waals surface area contributed by atoms with Gasteiger partial charge in [-0.3, -0.25) is 49.5 Å². The first kappa shape index (κ1) is 67.7. The number of pyridine rings is 6. The van der Waals surface area contributed by atoms with Crippen LogP contribution in [-0.2, 0) is 38.9 Å². The molecule has 3 unspecified atom stereocenters. The number of aldehydes is 1. The summed E-state index contributed by atoms with van der Waals surface area (Å²) in [5, 5.41) is 47.5. The van der Waals surface area contributed by atoms with Gasteiger partial charge < -0.3 is 20.1 Å². The Morgan fingerprint density at radius 2 is 0.988 bits per heavy atom. The Kier molecular flexibility index (Phi) is 24.8. The predicted octanol–water partition coefficient (Wildman–Crippen LogP) is 8.91. The lowest BCUT2D eigenvalue weighted by Crippen LogP contribution is -2.19. The maximum atomic E-state index is 12.5. The molecule has 0 aliphatic carbocycles. The Balaban J connectivity index is 0.000000243. The fraction of sp³-hybridized carbons (Fsp3) is 0.275. The summed E-state index contributed by atoms with van der Waals surface area (Å²) < 4.78 is 57.3. The number of hydrogen-bond donors (Lipinski definition) is 6. The summed E-state index contributed by atoms with van der Waals surface area (Å²) in [7, 11) is -3.76. The lowest BCUT2D eigenvalue weighted by Gasteiger charge is -2.16. The number of amides is 1. The van der Waals surface area contributed by atoms with Gasteiger partial charge in [0.1, 0.15) is 11.8 Å². The minimum absolute atomic E-state index is 0.0960. The van der Waals surface area contributed by atoms with Gasteiger partial charge in [0.2, 0.25) is 20.0 Å². The highest BCUT2D eigenvalue weighted by Crippen LogP contribution is 2.28. The molecular formula is C51H57Cl4N15O11S2. The van der Waals surface area contributed by atoms with E-state index in [1.54, 1.807) is 84.4 Å². The Bertz CT molecular complexity index is 3730. The second kappa shape index (κ2) is 30.5. The zero-order valence-corrected chi connectivity index (χ0v) is 50.9. The number of carboxylic acid groups (broad SMARTS) is 1. The number of carbonyl (C=O) groups is 3. The monoisotopic (exact) mass is 1260 g/mol. The van der Waals surface area contributed by atoms with Crippen LogP contribution in [0.5, 0.6) is 0 Å². The van der Waals surface area contributed by atoms with Gasteiger partial charge in [0.15, 0.2) is 23.5 Å². The molecule has 0 bridgehead atoms. The molecule has 8 rings (SSSR count). The van der Waals surface area contributed by atoms with Gasteiger partial charge in [0, 0.05) is 83.9 Å². The summed E-state index contributed by atoms with van der Waals surface area (Å²) in [4.78, 5) is 58.1. The number of aromatic carboxylic acids is 1. The molecule has 1 amide bonds. The third-order valence-electron chi connectivity index (χ3n) is 10.8. The van der Waals surface area contributed by atoms with E-state index in [1.165, 1.54) is 54.7 Å². The SMILES string of the molecule is Cc1ncc(Cl)cc1C(C)O.Cc1ncc(Cl)cc1C(C)O.Cc1ncc(Cl)cc1C(C)OC(=O)Nc1c(-c2ccc(NS(C)(=O)=O)cn2)nnn1C.Cc1ncc(Cl)cc1C=O.Cn1nnc(-c2ccc(NS(C)(=O)=O)cn2)c1C(=O)O. The number of aromatic nitrogens is 12. The summed E-state index contributed by atoms with van der Waals surface area (Å²) in [6.07, 6.45) is 9.27. The van der Waals surface area contributed by atoms with Gasteiger partial charge in [-0.1, -0.05) is 56.8 Å². The van der Waals surface area contributed by atoms with Crippen LogP contribution in [0.1, 0.15) is 99.4 Å². The number of hydrogen-bond acceptors (Lipinski definition) is 20. The Labute approximate surface area is 497 Å². The van der Waals surface area contributed by atoms with E-state index >= 15 is 0 Å². The van der Waals surface area contributed by atoms with Crippen molar-refractivity contribution in [3.05, 3.63) is 157 Å². The molecule has 442 valence electrons. The molecule has 6 N–H and O–H groups in total.